The molecule has 0 aliphatic carbocycles. The Morgan fingerprint density at radius 2 is 2.00 bits per heavy atom. The molecule has 3 nitrogen and oxygen atoms in total. The Bertz CT molecular complexity index is 451. The van der Waals surface area contributed by atoms with Gasteiger partial charge >= 0.3 is 0 Å². The number of carbonyl (C=O) groups excluding carboxylic acids is 1. The minimum absolute atomic E-state index is 0.0552. The minimum atomic E-state index is -0.460. The Kier molecular flexibility index (Phi) is 6.11. The van der Waals surface area contributed by atoms with Crippen LogP contribution in [0.2, 0.25) is 10.0 Å². The zero-order valence-electron chi connectivity index (χ0n) is 11.5. The Hall–Kier alpha value is -0.770. The van der Waals surface area contributed by atoms with Crippen molar-refractivity contribution in [2.75, 3.05) is 7.05 Å². The highest BCUT2D eigenvalue weighted by molar-refractivity contribution is 6.42. The Labute approximate surface area is 124 Å². The van der Waals surface area contributed by atoms with Crippen LogP contribution in [0.15, 0.2) is 18.2 Å². The fourth-order valence-corrected chi connectivity index (χ4v) is 2.06. The molecule has 1 unspecified atom stereocenters. The number of likely N-dealkylation sites (N-methyl/N-ethyl adjacent to an activating group) is 1. The van der Waals surface area contributed by atoms with E-state index in [2.05, 4.69) is 0 Å². The van der Waals surface area contributed by atoms with Crippen molar-refractivity contribution in [3.05, 3.63) is 33.8 Å². The summed E-state index contributed by atoms with van der Waals surface area (Å²) in [4.78, 5) is 13.8. The second-order valence-electron chi connectivity index (χ2n) is 4.85. The summed E-state index contributed by atoms with van der Waals surface area (Å²) in [6.45, 7) is 4.48. The number of benzene rings is 1. The summed E-state index contributed by atoms with van der Waals surface area (Å²) in [5, 5.41) is 1.00. The number of nitrogens with zero attached hydrogens (tertiary/aromatic N) is 1. The molecule has 2 atom stereocenters. The third-order valence-electron chi connectivity index (χ3n) is 3.32. The average molecular weight is 303 g/mol. The number of carbonyl (C=O) groups is 1. The van der Waals surface area contributed by atoms with Gasteiger partial charge in [0.05, 0.1) is 16.1 Å². The fourth-order valence-electron chi connectivity index (χ4n) is 1.74. The van der Waals surface area contributed by atoms with Crippen molar-refractivity contribution >= 4 is 29.1 Å². The van der Waals surface area contributed by atoms with Gasteiger partial charge in [0.15, 0.2) is 0 Å². The predicted octanol–water partition coefficient (Wildman–Crippen LogP) is 3.33. The Balaban J connectivity index is 2.70. The molecule has 0 fully saturated rings. The average Bonchev–Trinajstić information content (AvgIpc) is 2.40. The molecule has 2 N–H and O–H groups in total. The van der Waals surface area contributed by atoms with E-state index in [-0.39, 0.29) is 11.8 Å². The summed E-state index contributed by atoms with van der Waals surface area (Å²) < 4.78 is 0. The summed E-state index contributed by atoms with van der Waals surface area (Å²) >= 11 is 11.8. The van der Waals surface area contributed by atoms with Crippen molar-refractivity contribution in [1.29, 1.82) is 0 Å². The normalized spacial score (nSPS) is 14.0. The molecule has 0 bridgehead atoms. The Morgan fingerprint density at radius 3 is 2.53 bits per heavy atom. The summed E-state index contributed by atoms with van der Waals surface area (Å²) in [6.07, 6.45) is 0.882. The van der Waals surface area contributed by atoms with E-state index in [1.165, 1.54) is 0 Å². The molecular weight excluding hydrogens is 283 g/mol. The van der Waals surface area contributed by atoms with E-state index in [1.807, 2.05) is 19.9 Å². The van der Waals surface area contributed by atoms with Gasteiger partial charge in [0.2, 0.25) is 5.91 Å². The molecule has 19 heavy (non-hydrogen) atoms. The first-order valence-corrected chi connectivity index (χ1v) is 7.06. The van der Waals surface area contributed by atoms with Crippen LogP contribution < -0.4 is 5.73 Å². The van der Waals surface area contributed by atoms with Gasteiger partial charge in [0.1, 0.15) is 0 Å². The van der Waals surface area contributed by atoms with E-state index in [1.54, 1.807) is 24.1 Å². The van der Waals surface area contributed by atoms with Crippen LogP contribution in [0.1, 0.15) is 25.8 Å². The molecule has 106 valence electrons. The molecule has 5 heteroatoms. The van der Waals surface area contributed by atoms with Crippen LogP contribution in [0.5, 0.6) is 0 Å². The number of hydrogen-bond donors (Lipinski definition) is 1. The molecule has 0 heterocycles. The quantitative estimate of drug-likeness (QED) is 0.907. The molecule has 0 aliphatic rings. The SMILES string of the molecule is CCC(C)[C@H](N)C(=O)N(C)Cc1ccc(Cl)c(Cl)c1. The lowest BCUT2D eigenvalue weighted by atomic mass is 9.99. The highest BCUT2D eigenvalue weighted by Gasteiger charge is 2.22. The van der Waals surface area contributed by atoms with Crippen LogP contribution in [-0.4, -0.2) is 23.9 Å². The molecule has 1 aromatic rings. The second-order valence-corrected chi connectivity index (χ2v) is 5.67. The lowest BCUT2D eigenvalue weighted by molar-refractivity contribution is -0.132. The second kappa shape index (κ2) is 7.13. The molecule has 1 amide bonds. The third kappa shape index (κ3) is 4.37. The van der Waals surface area contributed by atoms with E-state index >= 15 is 0 Å². The molecule has 0 saturated carbocycles. The van der Waals surface area contributed by atoms with Crippen molar-refractivity contribution in [1.82, 2.24) is 4.90 Å². The van der Waals surface area contributed by atoms with Crippen LogP contribution in [0.3, 0.4) is 0 Å². The van der Waals surface area contributed by atoms with Crippen LogP contribution in [0.25, 0.3) is 0 Å². The van der Waals surface area contributed by atoms with E-state index in [9.17, 15) is 4.79 Å². The van der Waals surface area contributed by atoms with E-state index in [4.69, 9.17) is 28.9 Å². The first kappa shape index (κ1) is 16.3. The molecular formula is C14H20Cl2N2O. The Morgan fingerprint density at radius 1 is 1.37 bits per heavy atom. The first-order chi connectivity index (χ1) is 8.86. The molecule has 0 aliphatic heterocycles. The van der Waals surface area contributed by atoms with Gasteiger partial charge in [-0.2, -0.15) is 0 Å². The smallest absolute Gasteiger partial charge is 0.239 e. The molecule has 1 rings (SSSR count). The van der Waals surface area contributed by atoms with Crippen molar-refractivity contribution in [3.63, 3.8) is 0 Å². The van der Waals surface area contributed by atoms with Crippen molar-refractivity contribution in [2.45, 2.75) is 32.9 Å². The first-order valence-electron chi connectivity index (χ1n) is 6.31. The monoisotopic (exact) mass is 302 g/mol. The summed E-state index contributed by atoms with van der Waals surface area (Å²) in [5.41, 5.74) is 6.87. The van der Waals surface area contributed by atoms with Crippen LogP contribution >= 0.6 is 23.2 Å². The summed E-state index contributed by atoms with van der Waals surface area (Å²) in [7, 11) is 1.74. The number of nitrogens with two attached hydrogens (primary N) is 1. The number of amides is 1. The fraction of sp³-hybridized carbons (Fsp3) is 0.500. The zero-order valence-corrected chi connectivity index (χ0v) is 13.0. The maximum Gasteiger partial charge on any atom is 0.239 e. The van der Waals surface area contributed by atoms with Crippen molar-refractivity contribution in [3.8, 4) is 0 Å². The predicted molar refractivity (Wildman–Crippen MR) is 80.4 cm³/mol. The van der Waals surface area contributed by atoms with E-state index in [0.717, 1.165) is 12.0 Å². The van der Waals surface area contributed by atoms with Crippen molar-refractivity contribution in [2.24, 2.45) is 11.7 Å². The van der Waals surface area contributed by atoms with Gasteiger partial charge in [-0.1, -0.05) is 49.5 Å². The topological polar surface area (TPSA) is 46.3 Å². The molecule has 0 saturated heterocycles. The van der Waals surface area contributed by atoms with Gasteiger partial charge in [-0.25, -0.2) is 0 Å². The van der Waals surface area contributed by atoms with E-state index < -0.39 is 6.04 Å². The number of halogens is 2. The van der Waals surface area contributed by atoms with Crippen LogP contribution in [0.4, 0.5) is 0 Å². The highest BCUT2D eigenvalue weighted by Crippen LogP contribution is 2.23. The minimum Gasteiger partial charge on any atom is -0.340 e. The lowest BCUT2D eigenvalue weighted by Crippen LogP contribution is -2.45. The van der Waals surface area contributed by atoms with Gasteiger partial charge < -0.3 is 10.6 Å². The van der Waals surface area contributed by atoms with Gasteiger partial charge in [-0.15, -0.1) is 0 Å². The largest absolute Gasteiger partial charge is 0.340 e. The molecule has 0 aromatic heterocycles. The van der Waals surface area contributed by atoms with Crippen LogP contribution in [0, 0.1) is 5.92 Å². The maximum absolute atomic E-state index is 12.1. The number of hydrogen-bond acceptors (Lipinski definition) is 2. The summed E-state index contributed by atoms with van der Waals surface area (Å²) in [5.74, 6) is 0.115. The molecule has 1 aromatic carbocycles. The zero-order chi connectivity index (χ0) is 14.6. The summed E-state index contributed by atoms with van der Waals surface area (Å²) in [6, 6.07) is 4.89. The van der Waals surface area contributed by atoms with Gasteiger partial charge in [-0.05, 0) is 23.6 Å². The third-order valence-corrected chi connectivity index (χ3v) is 4.06. The van der Waals surface area contributed by atoms with Gasteiger partial charge in [-0.3, -0.25) is 4.79 Å². The van der Waals surface area contributed by atoms with Crippen LogP contribution in [-0.2, 0) is 11.3 Å². The van der Waals surface area contributed by atoms with Crippen molar-refractivity contribution < 1.29 is 4.79 Å². The molecule has 0 spiro atoms. The standard InChI is InChI=1S/C14H20Cl2N2O/c1-4-9(2)13(17)14(19)18(3)8-10-5-6-11(15)12(16)7-10/h5-7,9,13H,4,8,17H2,1-3H3/t9?,13-/m0/s1. The molecule has 0 radical (unpaired) electrons. The lowest BCUT2D eigenvalue weighted by Gasteiger charge is -2.24. The highest BCUT2D eigenvalue weighted by atomic mass is 35.5. The van der Waals surface area contributed by atoms with E-state index in [0.29, 0.717) is 16.6 Å². The number of rotatable bonds is 5. The van der Waals surface area contributed by atoms with Gasteiger partial charge in [0, 0.05) is 13.6 Å². The maximum atomic E-state index is 12.1. The van der Waals surface area contributed by atoms with Gasteiger partial charge in [0.25, 0.3) is 0 Å².